The van der Waals surface area contributed by atoms with Gasteiger partial charge in [-0.2, -0.15) is 0 Å². The van der Waals surface area contributed by atoms with E-state index in [9.17, 15) is 9.59 Å². The van der Waals surface area contributed by atoms with Crippen LogP contribution in [-0.2, 0) is 15.0 Å². The van der Waals surface area contributed by atoms with Crippen LogP contribution in [0.3, 0.4) is 0 Å². The number of hydrogen-bond acceptors (Lipinski definition) is 2. The highest BCUT2D eigenvalue weighted by Gasteiger charge is 2.39. The Bertz CT molecular complexity index is 569. The molecule has 1 heterocycles. The van der Waals surface area contributed by atoms with Crippen molar-refractivity contribution in [3.05, 3.63) is 34.3 Å². The highest BCUT2D eigenvalue weighted by Crippen LogP contribution is 2.43. The SMILES string of the molecule is O=C1CCC(C(=O)NCC2(c3cccc(Br)c3)CCC2)N1. The first-order chi connectivity index (χ1) is 10.1. The van der Waals surface area contributed by atoms with Crippen LogP contribution in [0.1, 0.15) is 37.7 Å². The van der Waals surface area contributed by atoms with Gasteiger partial charge in [0.1, 0.15) is 6.04 Å². The zero-order chi connectivity index (χ0) is 14.9. The second kappa shape index (κ2) is 5.79. The molecule has 3 rings (SSSR count). The Labute approximate surface area is 132 Å². The van der Waals surface area contributed by atoms with Crippen molar-refractivity contribution >= 4 is 27.7 Å². The lowest BCUT2D eigenvalue weighted by atomic mass is 9.64. The predicted molar refractivity (Wildman–Crippen MR) is 83.8 cm³/mol. The molecule has 1 aromatic rings. The minimum absolute atomic E-state index is 0.0273. The van der Waals surface area contributed by atoms with Crippen LogP contribution in [0, 0.1) is 0 Å². The Morgan fingerprint density at radius 2 is 2.24 bits per heavy atom. The molecule has 1 atom stereocenters. The van der Waals surface area contributed by atoms with Gasteiger partial charge in [0.15, 0.2) is 0 Å². The molecule has 2 aliphatic rings. The predicted octanol–water partition coefficient (Wildman–Crippen LogP) is 2.27. The van der Waals surface area contributed by atoms with Gasteiger partial charge in [-0.05, 0) is 37.0 Å². The third-order valence-corrected chi connectivity index (χ3v) is 5.15. The Morgan fingerprint density at radius 3 is 2.81 bits per heavy atom. The van der Waals surface area contributed by atoms with E-state index in [2.05, 4.69) is 38.7 Å². The summed E-state index contributed by atoms with van der Waals surface area (Å²) in [6.07, 6.45) is 4.45. The fourth-order valence-electron chi connectivity index (χ4n) is 3.18. The van der Waals surface area contributed by atoms with Crippen molar-refractivity contribution in [1.29, 1.82) is 0 Å². The highest BCUT2D eigenvalue weighted by atomic mass is 79.9. The number of hydrogen-bond donors (Lipinski definition) is 2. The number of nitrogens with one attached hydrogen (secondary N) is 2. The fourth-order valence-corrected chi connectivity index (χ4v) is 3.58. The van der Waals surface area contributed by atoms with Crippen molar-refractivity contribution in [2.45, 2.75) is 43.6 Å². The molecule has 1 saturated carbocycles. The summed E-state index contributed by atoms with van der Waals surface area (Å²) in [6, 6.07) is 7.98. The maximum Gasteiger partial charge on any atom is 0.242 e. The summed E-state index contributed by atoms with van der Waals surface area (Å²) in [6.45, 7) is 0.647. The molecule has 0 aromatic heterocycles. The summed E-state index contributed by atoms with van der Waals surface area (Å²) < 4.78 is 1.07. The molecule has 1 aromatic carbocycles. The first-order valence-corrected chi connectivity index (χ1v) is 8.21. The van der Waals surface area contributed by atoms with Crippen LogP contribution in [0.4, 0.5) is 0 Å². The van der Waals surface area contributed by atoms with Crippen LogP contribution in [0.2, 0.25) is 0 Å². The van der Waals surface area contributed by atoms with Crippen molar-refractivity contribution in [2.24, 2.45) is 0 Å². The molecule has 1 unspecified atom stereocenters. The maximum atomic E-state index is 12.1. The average Bonchev–Trinajstić information content (AvgIpc) is 2.84. The van der Waals surface area contributed by atoms with Gasteiger partial charge < -0.3 is 10.6 Å². The molecule has 4 nitrogen and oxygen atoms in total. The monoisotopic (exact) mass is 350 g/mol. The molecular formula is C16H19BrN2O2. The van der Waals surface area contributed by atoms with Crippen molar-refractivity contribution in [3.63, 3.8) is 0 Å². The highest BCUT2D eigenvalue weighted by molar-refractivity contribution is 9.10. The van der Waals surface area contributed by atoms with Gasteiger partial charge in [0.25, 0.3) is 0 Å². The summed E-state index contributed by atoms with van der Waals surface area (Å²) >= 11 is 3.51. The third-order valence-electron chi connectivity index (χ3n) is 4.66. The lowest BCUT2D eigenvalue weighted by Gasteiger charge is -2.43. The van der Waals surface area contributed by atoms with Gasteiger partial charge in [0, 0.05) is 22.9 Å². The van der Waals surface area contributed by atoms with E-state index in [4.69, 9.17) is 0 Å². The Kier molecular flexibility index (Phi) is 4.02. The zero-order valence-corrected chi connectivity index (χ0v) is 13.4. The molecule has 0 radical (unpaired) electrons. The molecule has 2 fully saturated rings. The van der Waals surface area contributed by atoms with Crippen LogP contribution < -0.4 is 10.6 Å². The molecule has 1 aliphatic carbocycles. The molecule has 2 N–H and O–H groups in total. The second-order valence-electron chi connectivity index (χ2n) is 6.02. The number of amides is 2. The van der Waals surface area contributed by atoms with Crippen LogP contribution in [0.15, 0.2) is 28.7 Å². The molecule has 1 saturated heterocycles. The van der Waals surface area contributed by atoms with E-state index in [1.165, 1.54) is 12.0 Å². The topological polar surface area (TPSA) is 58.2 Å². The zero-order valence-electron chi connectivity index (χ0n) is 11.8. The summed E-state index contributed by atoms with van der Waals surface area (Å²) in [4.78, 5) is 23.3. The molecule has 1 aliphatic heterocycles. The minimum atomic E-state index is -0.350. The number of halogens is 1. The van der Waals surface area contributed by atoms with Gasteiger partial charge in [-0.3, -0.25) is 9.59 Å². The van der Waals surface area contributed by atoms with Crippen molar-refractivity contribution in [3.8, 4) is 0 Å². The second-order valence-corrected chi connectivity index (χ2v) is 6.94. The third kappa shape index (κ3) is 2.98. The molecule has 5 heteroatoms. The van der Waals surface area contributed by atoms with E-state index >= 15 is 0 Å². The van der Waals surface area contributed by atoms with E-state index in [1.807, 2.05) is 12.1 Å². The van der Waals surface area contributed by atoms with Gasteiger partial charge in [-0.15, -0.1) is 0 Å². The first kappa shape index (κ1) is 14.6. The van der Waals surface area contributed by atoms with E-state index in [1.54, 1.807) is 0 Å². The van der Waals surface area contributed by atoms with E-state index in [0.717, 1.165) is 17.3 Å². The fraction of sp³-hybridized carbons (Fsp3) is 0.500. The van der Waals surface area contributed by atoms with E-state index in [-0.39, 0.29) is 23.3 Å². The van der Waals surface area contributed by atoms with Gasteiger partial charge in [-0.25, -0.2) is 0 Å². The van der Waals surface area contributed by atoms with Gasteiger partial charge in [0.05, 0.1) is 0 Å². The Morgan fingerprint density at radius 1 is 1.43 bits per heavy atom. The largest absolute Gasteiger partial charge is 0.353 e. The van der Waals surface area contributed by atoms with Gasteiger partial charge >= 0.3 is 0 Å². The van der Waals surface area contributed by atoms with Crippen LogP contribution in [0.25, 0.3) is 0 Å². The minimum Gasteiger partial charge on any atom is -0.353 e. The summed E-state index contributed by atoms with van der Waals surface area (Å²) in [5.74, 6) is -0.0809. The summed E-state index contributed by atoms with van der Waals surface area (Å²) in [7, 11) is 0. The van der Waals surface area contributed by atoms with Crippen LogP contribution in [0.5, 0.6) is 0 Å². The molecule has 0 bridgehead atoms. The lowest BCUT2D eigenvalue weighted by Crippen LogP contribution is -2.49. The average molecular weight is 351 g/mol. The number of carbonyl (C=O) groups excluding carboxylic acids is 2. The number of rotatable bonds is 4. The molecule has 21 heavy (non-hydrogen) atoms. The van der Waals surface area contributed by atoms with Gasteiger partial charge in [0.2, 0.25) is 11.8 Å². The van der Waals surface area contributed by atoms with Crippen molar-refractivity contribution in [2.75, 3.05) is 6.54 Å². The lowest BCUT2D eigenvalue weighted by molar-refractivity contribution is -0.126. The summed E-state index contributed by atoms with van der Waals surface area (Å²) in [5.41, 5.74) is 1.33. The first-order valence-electron chi connectivity index (χ1n) is 7.42. The van der Waals surface area contributed by atoms with E-state index in [0.29, 0.717) is 19.4 Å². The smallest absolute Gasteiger partial charge is 0.242 e. The Balaban J connectivity index is 1.65. The van der Waals surface area contributed by atoms with Crippen LogP contribution in [-0.4, -0.2) is 24.4 Å². The number of benzene rings is 1. The van der Waals surface area contributed by atoms with Crippen molar-refractivity contribution in [1.82, 2.24) is 10.6 Å². The normalized spacial score (nSPS) is 23.3. The molecule has 2 amide bonds. The molecular weight excluding hydrogens is 332 g/mol. The molecule has 0 spiro atoms. The standard InChI is InChI=1S/C16H19BrN2O2/c17-12-4-1-3-11(9-12)16(7-2-8-16)10-18-15(21)13-5-6-14(20)19-13/h1,3-4,9,13H,2,5-8,10H2,(H,18,21)(H,19,20). The van der Waals surface area contributed by atoms with Crippen LogP contribution >= 0.6 is 15.9 Å². The van der Waals surface area contributed by atoms with Crippen molar-refractivity contribution < 1.29 is 9.59 Å². The maximum absolute atomic E-state index is 12.1. The molecule has 112 valence electrons. The van der Waals surface area contributed by atoms with E-state index < -0.39 is 0 Å². The summed E-state index contributed by atoms with van der Waals surface area (Å²) in [5, 5.41) is 5.75. The quantitative estimate of drug-likeness (QED) is 0.874. The Hall–Kier alpha value is -1.36. The number of carbonyl (C=O) groups is 2. The van der Waals surface area contributed by atoms with Gasteiger partial charge in [-0.1, -0.05) is 34.5 Å².